The van der Waals surface area contributed by atoms with Crippen LogP contribution in [0.5, 0.6) is 0 Å². The third-order valence-electron chi connectivity index (χ3n) is 4.19. The van der Waals surface area contributed by atoms with Gasteiger partial charge in [-0.2, -0.15) is 0 Å². The minimum Gasteiger partial charge on any atom is -0.313 e. The van der Waals surface area contributed by atoms with Gasteiger partial charge in [-0.1, -0.05) is 19.1 Å². The number of hydrogen-bond acceptors (Lipinski definition) is 4. The normalized spacial score (nSPS) is 20.6. The molecule has 0 bridgehead atoms. The fourth-order valence-corrected chi connectivity index (χ4v) is 2.82. The molecule has 1 aliphatic heterocycles. The third kappa shape index (κ3) is 3.55. The van der Waals surface area contributed by atoms with E-state index in [0.29, 0.717) is 6.42 Å². The lowest BCUT2D eigenvalue weighted by Crippen LogP contribution is -2.57. The fourth-order valence-electron chi connectivity index (χ4n) is 2.82. The van der Waals surface area contributed by atoms with E-state index in [-0.39, 0.29) is 10.6 Å². The summed E-state index contributed by atoms with van der Waals surface area (Å²) in [5.41, 5.74) is 7.05. The second-order valence-corrected chi connectivity index (χ2v) is 6.13. The molecule has 1 aromatic rings. The summed E-state index contributed by atoms with van der Waals surface area (Å²) >= 11 is 0. The Kier molecular flexibility index (Phi) is 4.40. The Bertz CT molecular complexity index is 480. The highest BCUT2D eigenvalue weighted by Gasteiger charge is 2.30. The van der Waals surface area contributed by atoms with Gasteiger partial charge in [0.05, 0.1) is 10.6 Å². The number of likely N-dealkylation sites (tertiary alicyclic amines) is 1. The van der Waals surface area contributed by atoms with Crippen molar-refractivity contribution >= 4 is 5.69 Å². The molecule has 1 aromatic carbocycles. The summed E-state index contributed by atoms with van der Waals surface area (Å²) < 4.78 is 0. The van der Waals surface area contributed by atoms with Gasteiger partial charge in [-0.3, -0.25) is 15.0 Å². The van der Waals surface area contributed by atoms with E-state index >= 15 is 0 Å². The van der Waals surface area contributed by atoms with Crippen LogP contribution in [0.15, 0.2) is 24.3 Å². The second-order valence-electron chi connectivity index (χ2n) is 6.13. The van der Waals surface area contributed by atoms with Crippen molar-refractivity contribution in [3.8, 4) is 0 Å². The molecule has 5 heteroatoms. The number of rotatable bonds is 4. The van der Waals surface area contributed by atoms with Crippen LogP contribution in [0.1, 0.15) is 32.3 Å². The Hall–Kier alpha value is -1.46. The largest absolute Gasteiger partial charge is 0.313 e. The lowest BCUT2D eigenvalue weighted by molar-refractivity contribution is -0.384. The van der Waals surface area contributed by atoms with Gasteiger partial charge < -0.3 is 5.73 Å². The quantitative estimate of drug-likeness (QED) is 0.678. The number of nitrogens with two attached hydrogens (primary N) is 1. The molecule has 0 saturated carbocycles. The smallest absolute Gasteiger partial charge is 0.269 e. The molecule has 1 heterocycles. The summed E-state index contributed by atoms with van der Waals surface area (Å²) in [6, 6.07) is 6.77. The van der Waals surface area contributed by atoms with Crippen LogP contribution < -0.4 is 5.73 Å². The first-order valence-corrected chi connectivity index (χ1v) is 7.16. The van der Waals surface area contributed by atoms with Gasteiger partial charge in [0.25, 0.3) is 5.69 Å². The van der Waals surface area contributed by atoms with Crippen LogP contribution in [0, 0.1) is 16.0 Å². The van der Waals surface area contributed by atoms with Crippen LogP contribution in [0.3, 0.4) is 0 Å². The van der Waals surface area contributed by atoms with E-state index in [1.165, 1.54) is 18.9 Å². The molecular weight excluding hydrogens is 254 g/mol. The van der Waals surface area contributed by atoms with Crippen molar-refractivity contribution in [2.24, 2.45) is 11.7 Å². The van der Waals surface area contributed by atoms with Crippen molar-refractivity contribution in [2.75, 3.05) is 13.1 Å². The van der Waals surface area contributed by atoms with Crippen molar-refractivity contribution in [2.45, 2.75) is 38.8 Å². The van der Waals surface area contributed by atoms with Crippen LogP contribution in [-0.4, -0.2) is 28.6 Å². The van der Waals surface area contributed by atoms with Gasteiger partial charge in [0.2, 0.25) is 0 Å². The Balaban J connectivity index is 2.07. The lowest BCUT2D eigenvalue weighted by Gasteiger charge is -2.42. The molecule has 0 radical (unpaired) electrons. The van der Waals surface area contributed by atoms with Gasteiger partial charge in [-0.25, -0.2) is 0 Å². The highest BCUT2D eigenvalue weighted by atomic mass is 16.6. The van der Waals surface area contributed by atoms with E-state index in [2.05, 4.69) is 11.8 Å². The summed E-state index contributed by atoms with van der Waals surface area (Å²) in [5, 5.41) is 10.8. The number of nitrogens with zero attached hydrogens (tertiary/aromatic N) is 2. The average Bonchev–Trinajstić information content (AvgIpc) is 2.39. The predicted molar refractivity (Wildman–Crippen MR) is 79.4 cm³/mol. The maximum absolute atomic E-state index is 10.8. The summed E-state index contributed by atoms with van der Waals surface area (Å²) in [5.74, 6) is 0.764. The standard InChI is InChI=1S/C15H23N3O2/c1-12-6-8-17(9-7-12)15(2,16)11-13-4-3-5-14(10-13)18(19)20/h3-5,10,12H,6-9,11,16H2,1-2H3. The lowest BCUT2D eigenvalue weighted by atomic mass is 9.93. The average molecular weight is 277 g/mol. The molecule has 110 valence electrons. The van der Waals surface area contributed by atoms with Crippen molar-refractivity contribution in [3.63, 3.8) is 0 Å². The first kappa shape index (κ1) is 14.9. The van der Waals surface area contributed by atoms with E-state index in [1.807, 2.05) is 13.0 Å². The van der Waals surface area contributed by atoms with E-state index < -0.39 is 5.66 Å². The molecule has 0 spiro atoms. The van der Waals surface area contributed by atoms with E-state index in [4.69, 9.17) is 5.73 Å². The molecule has 20 heavy (non-hydrogen) atoms. The molecule has 0 aromatic heterocycles. The van der Waals surface area contributed by atoms with Crippen LogP contribution in [0.25, 0.3) is 0 Å². The molecule has 1 saturated heterocycles. The number of piperidine rings is 1. The summed E-state index contributed by atoms with van der Waals surface area (Å²) in [7, 11) is 0. The van der Waals surface area contributed by atoms with E-state index in [1.54, 1.807) is 12.1 Å². The highest BCUT2D eigenvalue weighted by Crippen LogP contribution is 2.24. The molecule has 2 rings (SSSR count). The SMILES string of the molecule is CC1CCN(C(C)(N)Cc2cccc([N+](=O)[O-])c2)CC1. The molecule has 1 unspecified atom stereocenters. The first-order valence-electron chi connectivity index (χ1n) is 7.16. The Morgan fingerprint density at radius 1 is 1.45 bits per heavy atom. The number of nitro benzene ring substituents is 1. The van der Waals surface area contributed by atoms with Crippen LogP contribution >= 0.6 is 0 Å². The maximum Gasteiger partial charge on any atom is 0.269 e. The summed E-state index contributed by atoms with van der Waals surface area (Å²) in [4.78, 5) is 12.8. The molecule has 1 fully saturated rings. The van der Waals surface area contributed by atoms with Crippen LogP contribution in [0.4, 0.5) is 5.69 Å². The van der Waals surface area contributed by atoms with Crippen LogP contribution in [0.2, 0.25) is 0 Å². The fraction of sp³-hybridized carbons (Fsp3) is 0.600. The van der Waals surface area contributed by atoms with Crippen LogP contribution in [-0.2, 0) is 6.42 Å². The minimum atomic E-state index is -0.449. The third-order valence-corrected chi connectivity index (χ3v) is 4.19. The zero-order valence-electron chi connectivity index (χ0n) is 12.2. The summed E-state index contributed by atoms with van der Waals surface area (Å²) in [6.07, 6.45) is 2.96. The van der Waals surface area contributed by atoms with Gasteiger partial charge in [0.1, 0.15) is 0 Å². The molecule has 0 aliphatic carbocycles. The zero-order valence-corrected chi connectivity index (χ0v) is 12.2. The number of benzene rings is 1. The van der Waals surface area contributed by atoms with Gasteiger partial charge in [0.15, 0.2) is 0 Å². The van der Waals surface area contributed by atoms with Gasteiger partial charge in [-0.15, -0.1) is 0 Å². The molecular formula is C15H23N3O2. The Morgan fingerprint density at radius 2 is 2.10 bits per heavy atom. The first-order chi connectivity index (χ1) is 9.38. The van der Waals surface area contributed by atoms with Crippen molar-refractivity contribution < 1.29 is 4.92 Å². The Morgan fingerprint density at radius 3 is 2.70 bits per heavy atom. The number of nitro groups is 1. The maximum atomic E-state index is 10.8. The summed E-state index contributed by atoms with van der Waals surface area (Å²) in [6.45, 7) is 6.29. The topological polar surface area (TPSA) is 72.4 Å². The second kappa shape index (κ2) is 5.89. The van der Waals surface area contributed by atoms with Crippen molar-refractivity contribution in [3.05, 3.63) is 39.9 Å². The predicted octanol–water partition coefficient (Wildman–Crippen LogP) is 2.54. The highest BCUT2D eigenvalue weighted by molar-refractivity contribution is 5.35. The van der Waals surface area contributed by atoms with Gasteiger partial charge in [-0.05, 0) is 31.2 Å². The monoisotopic (exact) mass is 277 g/mol. The molecule has 5 nitrogen and oxygen atoms in total. The van der Waals surface area contributed by atoms with Crippen molar-refractivity contribution in [1.82, 2.24) is 4.90 Å². The van der Waals surface area contributed by atoms with Crippen molar-refractivity contribution in [1.29, 1.82) is 0 Å². The number of hydrogen-bond donors (Lipinski definition) is 1. The minimum absolute atomic E-state index is 0.130. The molecule has 0 amide bonds. The van der Waals surface area contributed by atoms with E-state index in [9.17, 15) is 10.1 Å². The van der Waals surface area contributed by atoms with E-state index in [0.717, 1.165) is 24.6 Å². The number of non-ortho nitro benzene ring substituents is 1. The molecule has 2 N–H and O–H groups in total. The van der Waals surface area contributed by atoms with Gasteiger partial charge >= 0.3 is 0 Å². The molecule has 1 aliphatic rings. The Labute approximate surface area is 119 Å². The zero-order chi connectivity index (χ0) is 14.8. The van der Waals surface area contributed by atoms with Gasteiger partial charge in [0, 0.05) is 31.6 Å². The molecule has 1 atom stereocenters.